The first kappa shape index (κ1) is 20.0. The van der Waals surface area contributed by atoms with Crippen molar-refractivity contribution >= 4 is 29.3 Å². The Morgan fingerprint density at radius 2 is 1.69 bits per heavy atom. The fourth-order valence-corrected chi connectivity index (χ4v) is 3.68. The van der Waals surface area contributed by atoms with E-state index in [1.54, 1.807) is 27.7 Å². The van der Waals surface area contributed by atoms with Gasteiger partial charge in [0.15, 0.2) is 11.9 Å². The van der Waals surface area contributed by atoms with Gasteiger partial charge in [0, 0.05) is 16.2 Å². The number of Topliss-reactive ketones (excluding diaryl/α,β-unsaturated/α-hetero) is 2. The van der Waals surface area contributed by atoms with Crippen LogP contribution < -0.4 is 0 Å². The van der Waals surface area contributed by atoms with E-state index >= 15 is 0 Å². The molecule has 2 aromatic rings. The van der Waals surface area contributed by atoms with Gasteiger partial charge in [0.05, 0.1) is 5.69 Å². The van der Waals surface area contributed by atoms with Crippen LogP contribution in [0.2, 0.25) is 0 Å². The van der Waals surface area contributed by atoms with Crippen LogP contribution in [-0.2, 0) is 9.53 Å². The Kier molecular flexibility index (Phi) is 6.42. The second-order valence-corrected chi connectivity index (χ2v) is 7.61. The molecule has 1 N–H and O–H groups in total. The molecule has 1 heterocycles. The van der Waals surface area contributed by atoms with Gasteiger partial charge in [-0.05, 0) is 52.3 Å². The molecule has 0 saturated carbocycles. The molecule has 0 aliphatic carbocycles. The molecule has 138 valence electrons. The lowest BCUT2D eigenvalue weighted by atomic mass is 10.0. The molecule has 0 unspecified atom stereocenters. The van der Waals surface area contributed by atoms with Crippen LogP contribution in [0.15, 0.2) is 35.2 Å². The molecular weight excluding hydrogens is 350 g/mol. The second kappa shape index (κ2) is 8.36. The van der Waals surface area contributed by atoms with E-state index in [2.05, 4.69) is 4.98 Å². The molecule has 0 aliphatic rings. The largest absolute Gasteiger partial charge is 0.453 e. The first-order chi connectivity index (χ1) is 12.2. The summed E-state index contributed by atoms with van der Waals surface area (Å²) in [7, 11) is 0. The number of carbonyl (C=O) groups excluding carboxylic acids is 3. The van der Waals surface area contributed by atoms with Gasteiger partial charge >= 0.3 is 5.97 Å². The molecule has 0 radical (unpaired) electrons. The highest BCUT2D eigenvalue weighted by atomic mass is 32.2. The van der Waals surface area contributed by atoms with Crippen molar-refractivity contribution < 1.29 is 19.1 Å². The Morgan fingerprint density at radius 1 is 1.08 bits per heavy atom. The minimum Gasteiger partial charge on any atom is -0.453 e. The van der Waals surface area contributed by atoms with Crippen LogP contribution in [0.5, 0.6) is 0 Å². The SMILES string of the molecule is CC(=O)c1c(C)[nH]c(C(=O)[C@@H](C)OC(=O)[C@H](C)Sc2ccccc2)c1C. The van der Waals surface area contributed by atoms with Crippen LogP contribution >= 0.6 is 11.8 Å². The van der Waals surface area contributed by atoms with E-state index in [-0.39, 0.29) is 11.6 Å². The van der Waals surface area contributed by atoms with Gasteiger partial charge in [-0.2, -0.15) is 0 Å². The molecule has 6 heteroatoms. The average Bonchev–Trinajstić information content (AvgIpc) is 2.89. The Balaban J connectivity index is 2.06. The number of esters is 1. The van der Waals surface area contributed by atoms with Crippen molar-refractivity contribution in [3.63, 3.8) is 0 Å². The number of aromatic nitrogens is 1. The summed E-state index contributed by atoms with van der Waals surface area (Å²) in [5.74, 6) is -0.899. The molecule has 2 atom stereocenters. The number of hydrogen-bond acceptors (Lipinski definition) is 5. The van der Waals surface area contributed by atoms with Crippen molar-refractivity contribution in [1.82, 2.24) is 4.98 Å². The number of carbonyl (C=O) groups is 3. The van der Waals surface area contributed by atoms with Crippen LogP contribution in [-0.4, -0.2) is 33.9 Å². The predicted octanol–water partition coefficient (Wildman–Crippen LogP) is 4.13. The van der Waals surface area contributed by atoms with E-state index in [0.29, 0.717) is 22.5 Å². The summed E-state index contributed by atoms with van der Waals surface area (Å²) in [6, 6.07) is 9.53. The number of rotatable bonds is 7. The van der Waals surface area contributed by atoms with Gasteiger partial charge < -0.3 is 9.72 Å². The van der Waals surface area contributed by atoms with E-state index in [1.165, 1.54) is 18.7 Å². The Morgan fingerprint density at radius 3 is 2.23 bits per heavy atom. The molecular formula is C20H23NO4S. The summed E-state index contributed by atoms with van der Waals surface area (Å²) < 4.78 is 5.35. The molecule has 1 aromatic carbocycles. The summed E-state index contributed by atoms with van der Waals surface area (Å²) in [5, 5.41) is -0.438. The summed E-state index contributed by atoms with van der Waals surface area (Å²) >= 11 is 1.38. The van der Waals surface area contributed by atoms with Crippen LogP contribution in [0.25, 0.3) is 0 Å². The number of nitrogens with one attached hydrogen (secondary N) is 1. The van der Waals surface area contributed by atoms with E-state index < -0.39 is 17.3 Å². The maximum Gasteiger partial charge on any atom is 0.319 e. The van der Waals surface area contributed by atoms with Crippen LogP contribution in [0, 0.1) is 13.8 Å². The maximum atomic E-state index is 12.6. The Hall–Kier alpha value is -2.34. The average molecular weight is 373 g/mol. The molecule has 26 heavy (non-hydrogen) atoms. The quantitative estimate of drug-likeness (QED) is 0.449. The third kappa shape index (κ3) is 4.43. The van der Waals surface area contributed by atoms with Crippen LogP contribution in [0.4, 0.5) is 0 Å². The van der Waals surface area contributed by atoms with E-state index in [9.17, 15) is 14.4 Å². The number of hydrogen-bond donors (Lipinski definition) is 1. The maximum absolute atomic E-state index is 12.6. The molecule has 0 bridgehead atoms. The van der Waals surface area contributed by atoms with Crippen molar-refractivity contribution in [3.05, 3.63) is 52.8 Å². The van der Waals surface area contributed by atoms with E-state index in [1.807, 2.05) is 30.3 Å². The molecule has 2 rings (SSSR count). The number of aryl methyl sites for hydroxylation is 1. The lowest BCUT2D eigenvalue weighted by Crippen LogP contribution is -2.29. The van der Waals surface area contributed by atoms with Gasteiger partial charge in [0.1, 0.15) is 5.25 Å². The summed E-state index contributed by atoms with van der Waals surface area (Å²) in [5.41, 5.74) is 2.07. The minimum absolute atomic E-state index is 0.104. The molecule has 0 amide bonds. The van der Waals surface area contributed by atoms with Crippen molar-refractivity contribution in [2.24, 2.45) is 0 Å². The number of ketones is 2. The number of aromatic amines is 1. The zero-order valence-electron chi connectivity index (χ0n) is 15.6. The van der Waals surface area contributed by atoms with E-state index in [4.69, 9.17) is 4.74 Å². The standard InChI is InChI=1S/C20H23NO4S/c1-11-17(13(3)22)12(2)21-18(11)19(23)14(4)25-20(24)15(5)26-16-9-7-6-8-10-16/h6-10,14-15,21H,1-5H3/t14-,15+/m1/s1. The third-order valence-corrected chi connectivity index (χ3v) is 5.18. The number of ether oxygens (including phenoxy) is 1. The smallest absolute Gasteiger partial charge is 0.319 e. The third-order valence-electron chi connectivity index (χ3n) is 4.09. The molecule has 0 saturated heterocycles. The Bertz CT molecular complexity index is 826. The lowest BCUT2D eigenvalue weighted by molar-refractivity contribution is -0.145. The highest BCUT2D eigenvalue weighted by Gasteiger charge is 2.27. The van der Waals surface area contributed by atoms with Gasteiger partial charge in [-0.1, -0.05) is 18.2 Å². The first-order valence-electron chi connectivity index (χ1n) is 8.38. The van der Waals surface area contributed by atoms with Crippen molar-refractivity contribution in [1.29, 1.82) is 0 Å². The second-order valence-electron chi connectivity index (χ2n) is 6.20. The van der Waals surface area contributed by atoms with Crippen molar-refractivity contribution in [2.75, 3.05) is 0 Å². The molecule has 0 fully saturated rings. The molecule has 5 nitrogen and oxygen atoms in total. The van der Waals surface area contributed by atoms with Gasteiger partial charge in [-0.25, -0.2) is 0 Å². The highest BCUT2D eigenvalue weighted by Crippen LogP contribution is 2.25. The number of H-pyrrole nitrogens is 1. The number of thioether (sulfide) groups is 1. The summed E-state index contributed by atoms with van der Waals surface area (Å²) in [6.45, 7) is 8.22. The number of benzene rings is 1. The summed E-state index contributed by atoms with van der Waals surface area (Å²) in [4.78, 5) is 40.6. The van der Waals surface area contributed by atoms with Crippen molar-refractivity contribution in [2.45, 2.75) is 50.9 Å². The first-order valence-corrected chi connectivity index (χ1v) is 9.26. The lowest BCUT2D eigenvalue weighted by Gasteiger charge is -2.16. The van der Waals surface area contributed by atoms with Crippen molar-refractivity contribution in [3.8, 4) is 0 Å². The fourth-order valence-electron chi connectivity index (χ4n) is 2.80. The highest BCUT2D eigenvalue weighted by molar-refractivity contribution is 8.00. The normalized spacial score (nSPS) is 13.1. The Labute approximate surface area is 157 Å². The molecule has 0 spiro atoms. The van der Waals surface area contributed by atoms with Crippen LogP contribution in [0.3, 0.4) is 0 Å². The van der Waals surface area contributed by atoms with Crippen LogP contribution in [0.1, 0.15) is 52.9 Å². The fraction of sp³-hybridized carbons (Fsp3) is 0.350. The topological polar surface area (TPSA) is 76.2 Å². The van der Waals surface area contributed by atoms with E-state index in [0.717, 1.165) is 4.90 Å². The van der Waals surface area contributed by atoms with Gasteiger partial charge in [-0.3, -0.25) is 14.4 Å². The molecule has 0 aliphatic heterocycles. The zero-order chi connectivity index (χ0) is 19.4. The predicted molar refractivity (Wildman–Crippen MR) is 102 cm³/mol. The zero-order valence-corrected chi connectivity index (χ0v) is 16.4. The van der Waals surface area contributed by atoms with Gasteiger partial charge in [-0.15, -0.1) is 11.8 Å². The summed E-state index contributed by atoms with van der Waals surface area (Å²) in [6.07, 6.45) is -0.933. The molecule has 1 aromatic heterocycles. The minimum atomic E-state index is -0.933. The van der Waals surface area contributed by atoms with Gasteiger partial charge in [0.25, 0.3) is 0 Å². The monoisotopic (exact) mass is 373 g/mol. The van der Waals surface area contributed by atoms with Gasteiger partial charge in [0.2, 0.25) is 5.78 Å².